The number of ether oxygens (including phenoxy) is 6. The summed E-state index contributed by atoms with van der Waals surface area (Å²) in [7, 11) is 0. The minimum Gasteiger partial charge on any atom is -0.492 e. The van der Waals surface area contributed by atoms with Gasteiger partial charge in [0, 0.05) is 29.7 Å². The number of amides is 1. The fourth-order valence-corrected chi connectivity index (χ4v) is 6.42. The van der Waals surface area contributed by atoms with Crippen LogP contribution in [0.25, 0.3) is 0 Å². The van der Waals surface area contributed by atoms with E-state index in [1.54, 1.807) is 13.8 Å². The summed E-state index contributed by atoms with van der Waals surface area (Å²) in [5.41, 5.74) is -0.529. The van der Waals surface area contributed by atoms with Crippen LogP contribution in [0.3, 0.4) is 0 Å². The number of hydrogen-bond donors (Lipinski definition) is 1. The SMILES string of the molecule is CCOC(=O)[C@H]1CC[C@@H]([C@@H]2C[C@H](NC(=O)[C@@]3(C)COc4cc5c(cc43)OC(F)(F)O5)c3ccc(OC(F)(F)F)cc3O2)CC1. The van der Waals surface area contributed by atoms with Gasteiger partial charge in [-0.2, -0.15) is 0 Å². The summed E-state index contributed by atoms with van der Waals surface area (Å²) in [5.74, 6) is -1.58. The predicted molar refractivity (Wildman–Crippen MR) is 141 cm³/mol. The summed E-state index contributed by atoms with van der Waals surface area (Å²) >= 11 is 0. The first kappa shape index (κ1) is 30.1. The molecular weight excluding hydrogens is 597 g/mol. The molecule has 3 aliphatic heterocycles. The molecule has 9 nitrogen and oxygen atoms in total. The topological polar surface area (TPSA) is 102 Å². The van der Waals surface area contributed by atoms with Crippen molar-refractivity contribution in [2.75, 3.05) is 13.2 Å². The Morgan fingerprint density at radius 2 is 1.70 bits per heavy atom. The Labute approximate surface area is 248 Å². The molecule has 1 aliphatic carbocycles. The highest BCUT2D eigenvalue weighted by atomic mass is 19.4. The molecule has 0 bridgehead atoms. The van der Waals surface area contributed by atoms with Crippen LogP contribution in [-0.4, -0.2) is 43.9 Å². The van der Waals surface area contributed by atoms with Crippen molar-refractivity contribution >= 4 is 11.9 Å². The fourth-order valence-electron chi connectivity index (χ4n) is 6.42. The first-order chi connectivity index (χ1) is 20.7. The van der Waals surface area contributed by atoms with Crippen LogP contribution < -0.4 is 29.0 Å². The van der Waals surface area contributed by atoms with E-state index in [-0.39, 0.29) is 54.0 Å². The molecule has 4 aliphatic rings. The van der Waals surface area contributed by atoms with Gasteiger partial charge in [0.05, 0.1) is 18.6 Å². The molecule has 0 saturated heterocycles. The number of rotatable bonds is 6. The van der Waals surface area contributed by atoms with E-state index in [0.29, 0.717) is 43.2 Å². The van der Waals surface area contributed by atoms with Gasteiger partial charge in [0.25, 0.3) is 0 Å². The molecule has 6 rings (SSSR count). The summed E-state index contributed by atoms with van der Waals surface area (Å²) in [4.78, 5) is 26.1. The predicted octanol–water partition coefficient (Wildman–Crippen LogP) is 5.93. The lowest BCUT2D eigenvalue weighted by atomic mass is 9.76. The van der Waals surface area contributed by atoms with Crippen molar-refractivity contribution < 1.29 is 60.0 Å². The van der Waals surface area contributed by atoms with Gasteiger partial charge in [-0.25, -0.2) is 0 Å². The van der Waals surface area contributed by atoms with E-state index in [9.17, 15) is 31.5 Å². The second-order valence-electron chi connectivity index (χ2n) is 11.6. The van der Waals surface area contributed by atoms with E-state index >= 15 is 0 Å². The Hall–Kier alpha value is -3.97. The number of carbonyl (C=O) groups is 2. The number of carbonyl (C=O) groups excluding carboxylic acids is 2. The van der Waals surface area contributed by atoms with Crippen molar-refractivity contribution in [2.45, 2.75) is 76.2 Å². The zero-order valence-corrected chi connectivity index (χ0v) is 23.8. The molecule has 2 aromatic rings. The standard InChI is InChI=1S/C30H30F5NO8/c1-3-39-26(37)16-6-4-15(5-7-16)21-12-20(18-9-8-17(10-22(18)41-21)42-29(31,32)33)36-27(38)28(2)14-40-23-13-25-24(11-19(23)28)43-30(34,35)44-25/h8-11,13,15-16,20-21H,3-7,12,14H2,1-2H3,(H,36,38)/t15-,16+,20-,21-,28-/m0/s1. The normalized spacial score (nSPS) is 28.2. The first-order valence-electron chi connectivity index (χ1n) is 14.4. The van der Waals surface area contributed by atoms with E-state index in [2.05, 4.69) is 19.5 Å². The van der Waals surface area contributed by atoms with Gasteiger partial charge in [-0.3, -0.25) is 9.59 Å². The lowest BCUT2D eigenvalue weighted by Gasteiger charge is -2.40. The molecule has 1 N–H and O–H groups in total. The van der Waals surface area contributed by atoms with Crippen LogP contribution in [0.2, 0.25) is 0 Å². The van der Waals surface area contributed by atoms with Gasteiger partial charge in [-0.05, 0) is 63.6 Å². The highest BCUT2D eigenvalue weighted by Crippen LogP contribution is 2.50. The molecule has 0 spiro atoms. The highest BCUT2D eigenvalue weighted by Gasteiger charge is 2.50. The number of hydrogen-bond acceptors (Lipinski definition) is 8. The van der Waals surface area contributed by atoms with Gasteiger partial charge in [0.1, 0.15) is 35.4 Å². The van der Waals surface area contributed by atoms with Crippen molar-refractivity contribution in [1.29, 1.82) is 0 Å². The highest BCUT2D eigenvalue weighted by molar-refractivity contribution is 5.90. The number of alkyl halides is 5. The van der Waals surface area contributed by atoms with Gasteiger partial charge < -0.3 is 33.7 Å². The second kappa shape index (κ2) is 10.9. The minimum atomic E-state index is -4.91. The molecule has 0 unspecified atom stereocenters. The van der Waals surface area contributed by atoms with Gasteiger partial charge in [-0.15, -0.1) is 22.0 Å². The molecule has 44 heavy (non-hydrogen) atoms. The molecular formula is C30H30F5NO8. The molecule has 3 atom stereocenters. The van der Waals surface area contributed by atoms with E-state index in [1.807, 2.05) is 0 Å². The van der Waals surface area contributed by atoms with Crippen LogP contribution in [0, 0.1) is 11.8 Å². The molecule has 0 aromatic heterocycles. The summed E-state index contributed by atoms with van der Waals surface area (Å²) in [5, 5.41) is 3.01. The number of benzene rings is 2. The zero-order valence-electron chi connectivity index (χ0n) is 23.8. The Balaban J connectivity index is 1.24. The zero-order chi connectivity index (χ0) is 31.4. The Morgan fingerprint density at radius 1 is 1.00 bits per heavy atom. The summed E-state index contributed by atoms with van der Waals surface area (Å²) < 4.78 is 96.5. The largest absolute Gasteiger partial charge is 0.586 e. The molecule has 1 fully saturated rings. The average molecular weight is 628 g/mol. The van der Waals surface area contributed by atoms with E-state index in [4.69, 9.17) is 14.2 Å². The van der Waals surface area contributed by atoms with Gasteiger partial charge in [0.2, 0.25) is 5.91 Å². The monoisotopic (exact) mass is 627 g/mol. The third-order valence-electron chi connectivity index (χ3n) is 8.68. The van der Waals surface area contributed by atoms with E-state index in [0.717, 1.165) is 12.1 Å². The van der Waals surface area contributed by atoms with Crippen LogP contribution in [0.5, 0.6) is 28.7 Å². The number of fused-ring (bicyclic) bond motifs is 3. The Kier molecular flexibility index (Phi) is 7.44. The van der Waals surface area contributed by atoms with E-state index in [1.165, 1.54) is 18.2 Å². The van der Waals surface area contributed by atoms with Crippen molar-refractivity contribution in [3.63, 3.8) is 0 Å². The van der Waals surface area contributed by atoms with Crippen LogP contribution in [0.1, 0.15) is 63.1 Å². The molecule has 0 radical (unpaired) electrons. The van der Waals surface area contributed by atoms with Crippen LogP contribution >= 0.6 is 0 Å². The molecule has 1 amide bonds. The summed E-state index contributed by atoms with van der Waals surface area (Å²) in [6.07, 6.45) is -6.53. The third kappa shape index (κ3) is 5.77. The lowest BCUT2D eigenvalue weighted by Crippen LogP contribution is -2.47. The molecule has 238 valence electrons. The smallest absolute Gasteiger partial charge is 0.492 e. The van der Waals surface area contributed by atoms with Crippen LogP contribution in [0.4, 0.5) is 22.0 Å². The molecule has 3 heterocycles. The van der Waals surface area contributed by atoms with Crippen LogP contribution in [0.15, 0.2) is 30.3 Å². The van der Waals surface area contributed by atoms with Crippen molar-refractivity contribution in [3.05, 3.63) is 41.5 Å². The average Bonchev–Trinajstić information content (AvgIpc) is 3.45. The number of halogens is 5. The maximum absolute atomic E-state index is 13.9. The van der Waals surface area contributed by atoms with Crippen molar-refractivity contribution in [1.82, 2.24) is 5.32 Å². The van der Waals surface area contributed by atoms with E-state index < -0.39 is 41.9 Å². The van der Waals surface area contributed by atoms with Gasteiger partial charge in [0.15, 0.2) is 11.5 Å². The summed E-state index contributed by atoms with van der Waals surface area (Å²) in [6.45, 7) is 3.54. The minimum absolute atomic E-state index is 0.0343. The summed E-state index contributed by atoms with van der Waals surface area (Å²) in [6, 6.07) is 5.58. The fraction of sp³-hybridized carbons (Fsp3) is 0.533. The molecule has 2 aromatic carbocycles. The number of esters is 1. The van der Waals surface area contributed by atoms with Gasteiger partial charge in [-0.1, -0.05) is 0 Å². The molecule has 1 saturated carbocycles. The second-order valence-corrected chi connectivity index (χ2v) is 11.6. The Bertz CT molecular complexity index is 1460. The number of nitrogens with one attached hydrogen (secondary N) is 1. The van der Waals surface area contributed by atoms with Gasteiger partial charge >= 0.3 is 18.6 Å². The maximum atomic E-state index is 13.9. The lowest BCUT2D eigenvalue weighted by molar-refractivity contribution is -0.286. The quantitative estimate of drug-likeness (QED) is 0.311. The van der Waals surface area contributed by atoms with Crippen molar-refractivity contribution in [3.8, 4) is 28.7 Å². The van der Waals surface area contributed by atoms with Crippen molar-refractivity contribution in [2.24, 2.45) is 11.8 Å². The first-order valence-corrected chi connectivity index (χ1v) is 14.4. The molecule has 14 heteroatoms. The third-order valence-corrected chi connectivity index (χ3v) is 8.68. The van der Waals surface area contributed by atoms with Crippen LogP contribution in [-0.2, 0) is 19.7 Å². The Morgan fingerprint density at radius 3 is 2.39 bits per heavy atom. The maximum Gasteiger partial charge on any atom is 0.586 e.